The van der Waals surface area contributed by atoms with Crippen molar-refractivity contribution in [2.45, 2.75) is 44.8 Å². The highest BCUT2D eigenvalue weighted by molar-refractivity contribution is 5.63. The lowest BCUT2D eigenvalue weighted by Gasteiger charge is -2.23. The van der Waals surface area contributed by atoms with E-state index < -0.39 is 0 Å². The van der Waals surface area contributed by atoms with Crippen LogP contribution in [0.1, 0.15) is 37.7 Å². The Morgan fingerprint density at radius 3 is 2.57 bits per heavy atom. The molecule has 0 radical (unpaired) electrons. The number of nitrogens with zero attached hydrogens (tertiary/aromatic N) is 2. The standard InChI is InChI=1S/C17H23N3O/c1-20-12-14(11-18)17(19-20)13-7-9-16(10-8-13)21-15-5-3-2-4-6-15/h7-10,12,15H,2-6,11,18H2,1H3. The first kappa shape index (κ1) is 14.1. The fraction of sp³-hybridized carbons (Fsp3) is 0.471. The predicted octanol–water partition coefficient (Wildman–Crippen LogP) is 3.26. The number of rotatable bonds is 4. The summed E-state index contributed by atoms with van der Waals surface area (Å²) in [6.45, 7) is 0.503. The molecule has 0 atom stereocenters. The number of aryl methyl sites for hydroxylation is 1. The zero-order valence-electron chi connectivity index (χ0n) is 12.6. The van der Waals surface area contributed by atoms with E-state index in [0.29, 0.717) is 12.6 Å². The van der Waals surface area contributed by atoms with Crippen LogP contribution in [-0.4, -0.2) is 15.9 Å². The summed E-state index contributed by atoms with van der Waals surface area (Å²) in [6, 6.07) is 8.22. The summed E-state index contributed by atoms with van der Waals surface area (Å²) >= 11 is 0. The molecule has 2 N–H and O–H groups in total. The molecule has 1 aromatic heterocycles. The van der Waals surface area contributed by atoms with E-state index in [9.17, 15) is 0 Å². The van der Waals surface area contributed by atoms with E-state index >= 15 is 0 Å². The van der Waals surface area contributed by atoms with Crippen molar-refractivity contribution in [1.82, 2.24) is 9.78 Å². The lowest BCUT2D eigenvalue weighted by atomic mass is 9.98. The summed E-state index contributed by atoms with van der Waals surface area (Å²) < 4.78 is 7.87. The number of ether oxygens (including phenoxy) is 1. The fourth-order valence-electron chi connectivity index (χ4n) is 3.00. The molecular weight excluding hydrogens is 262 g/mol. The van der Waals surface area contributed by atoms with Crippen LogP contribution in [0.4, 0.5) is 0 Å². The summed E-state index contributed by atoms with van der Waals surface area (Å²) in [5.41, 5.74) is 8.90. The smallest absolute Gasteiger partial charge is 0.119 e. The van der Waals surface area contributed by atoms with Crippen LogP contribution in [0.15, 0.2) is 30.5 Å². The Morgan fingerprint density at radius 1 is 1.19 bits per heavy atom. The molecule has 0 saturated heterocycles. The third kappa shape index (κ3) is 3.27. The third-order valence-electron chi connectivity index (χ3n) is 4.11. The van der Waals surface area contributed by atoms with E-state index in [2.05, 4.69) is 17.2 Å². The molecule has 1 fully saturated rings. The van der Waals surface area contributed by atoms with Gasteiger partial charge < -0.3 is 10.5 Å². The maximum absolute atomic E-state index is 6.06. The van der Waals surface area contributed by atoms with Crippen LogP contribution < -0.4 is 10.5 Å². The number of benzene rings is 1. The molecule has 1 aliphatic carbocycles. The highest BCUT2D eigenvalue weighted by Gasteiger charge is 2.15. The van der Waals surface area contributed by atoms with Crippen LogP contribution in [0.25, 0.3) is 11.3 Å². The maximum Gasteiger partial charge on any atom is 0.119 e. The number of hydrogen-bond donors (Lipinski definition) is 1. The van der Waals surface area contributed by atoms with Crippen molar-refractivity contribution in [3.63, 3.8) is 0 Å². The van der Waals surface area contributed by atoms with Gasteiger partial charge in [0.25, 0.3) is 0 Å². The van der Waals surface area contributed by atoms with Gasteiger partial charge in [0.15, 0.2) is 0 Å². The molecule has 0 unspecified atom stereocenters. The van der Waals surface area contributed by atoms with Crippen molar-refractivity contribution in [3.8, 4) is 17.0 Å². The molecule has 1 heterocycles. The largest absolute Gasteiger partial charge is 0.490 e. The van der Waals surface area contributed by atoms with Crippen LogP contribution in [0.3, 0.4) is 0 Å². The molecular formula is C17H23N3O. The average molecular weight is 285 g/mol. The highest BCUT2D eigenvalue weighted by Crippen LogP contribution is 2.27. The SMILES string of the molecule is Cn1cc(CN)c(-c2ccc(OC3CCCCC3)cc2)n1. The monoisotopic (exact) mass is 285 g/mol. The van der Waals surface area contributed by atoms with Gasteiger partial charge in [-0.3, -0.25) is 4.68 Å². The van der Waals surface area contributed by atoms with Crippen molar-refractivity contribution < 1.29 is 4.74 Å². The van der Waals surface area contributed by atoms with Gasteiger partial charge >= 0.3 is 0 Å². The molecule has 1 aliphatic rings. The second kappa shape index (κ2) is 6.31. The Balaban J connectivity index is 1.74. The van der Waals surface area contributed by atoms with Crippen molar-refractivity contribution in [1.29, 1.82) is 0 Å². The second-order valence-corrected chi connectivity index (χ2v) is 5.78. The topological polar surface area (TPSA) is 53.1 Å². The molecule has 21 heavy (non-hydrogen) atoms. The van der Waals surface area contributed by atoms with Crippen molar-refractivity contribution in [3.05, 3.63) is 36.0 Å². The number of nitrogens with two attached hydrogens (primary N) is 1. The molecule has 0 bridgehead atoms. The minimum atomic E-state index is 0.388. The first-order chi connectivity index (χ1) is 10.3. The van der Waals surface area contributed by atoms with E-state index in [-0.39, 0.29) is 0 Å². The second-order valence-electron chi connectivity index (χ2n) is 5.78. The molecule has 0 spiro atoms. The predicted molar refractivity (Wildman–Crippen MR) is 84.0 cm³/mol. The van der Waals surface area contributed by atoms with Crippen LogP contribution in [-0.2, 0) is 13.6 Å². The van der Waals surface area contributed by atoms with Crippen molar-refractivity contribution >= 4 is 0 Å². The van der Waals surface area contributed by atoms with Gasteiger partial charge in [-0.05, 0) is 49.9 Å². The first-order valence-corrected chi connectivity index (χ1v) is 7.76. The van der Waals surface area contributed by atoms with Crippen LogP contribution in [0.2, 0.25) is 0 Å². The Morgan fingerprint density at radius 2 is 1.90 bits per heavy atom. The zero-order chi connectivity index (χ0) is 14.7. The summed E-state index contributed by atoms with van der Waals surface area (Å²) in [6.07, 6.45) is 8.65. The Hall–Kier alpha value is -1.81. The molecule has 2 aromatic rings. The molecule has 1 saturated carbocycles. The van der Waals surface area contributed by atoms with Crippen LogP contribution in [0.5, 0.6) is 5.75 Å². The van der Waals surface area contributed by atoms with Gasteiger partial charge in [0, 0.05) is 30.9 Å². The minimum absolute atomic E-state index is 0.388. The van der Waals surface area contributed by atoms with E-state index in [0.717, 1.165) is 22.6 Å². The number of hydrogen-bond acceptors (Lipinski definition) is 3. The van der Waals surface area contributed by atoms with E-state index in [1.165, 1.54) is 32.1 Å². The lowest BCUT2D eigenvalue weighted by Crippen LogP contribution is -2.19. The van der Waals surface area contributed by atoms with Gasteiger partial charge in [0.1, 0.15) is 5.75 Å². The molecule has 1 aromatic carbocycles. The van der Waals surface area contributed by atoms with E-state index in [4.69, 9.17) is 10.5 Å². The highest BCUT2D eigenvalue weighted by atomic mass is 16.5. The van der Waals surface area contributed by atoms with E-state index in [1.807, 2.05) is 30.1 Å². The summed E-state index contributed by atoms with van der Waals surface area (Å²) in [4.78, 5) is 0. The van der Waals surface area contributed by atoms with Gasteiger partial charge in [-0.15, -0.1) is 0 Å². The van der Waals surface area contributed by atoms with E-state index in [1.54, 1.807) is 0 Å². The van der Waals surface area contributed by atoms with Crippen LogP contribution in [0, 0.1) is 0 Å². The van der Waals surface area contributed by atoms with Gasteiger partial charge in [-0.25, -0.2) is 0 Å². The molecule has 0 aliphatic heterocycles. The third-order valence-corrected chi connectivity index (χ3v) is 4.11. The molecule has 112 valence electrons. The Kier molecular flexibility index (Phi) is 4.25. The zero-order valence-corrected chi connectivity index (χ0v) is 12.6. The molecule has 4 heteroatoms. The van der Waals surface area contributed by atoms with Gasteiger partial charge in [0.05, 0.1) is 11.8 Å². The average Bonchev–Trinajstić information content (AvgIpc) is 2.90. The van der Waals surface area contributed by atoms with Crippen molar-refractivity contribution in [2.75, 3.05) is 0 Å². The Labute approximate surface area is 125 Å². The maximum atomic E-state index is 6.06. The van der Waals surface area contributed by atoms with Crippen LogP contribution >= 0.6 is 0 Å². The lowest BCUT2D eigenvalue weighted by molar-refractivity contribution is 0.155. The first-order valence-electron chi connectivity index (χ1n) is 7.76. The molecule has 3 rings (SSSR count). The van der Waals surface area contributed by atoms with Gasteiger partial charge in [-0.1, -0.05) is 6.42 Å². The van der Waals surface area contributed by atoms with Gasteiger partial charge in [-0.2, -0.15) is 5.10 Å². The molecule has 0 amide bonds. The summed E-state index contributed by atoms with van der Waals surface area (Å²) in [7, 11) is 1.92. The Bertz CT molecular complexity index is 583. The fourth-order valence-corrected chi connectivity index (χ4v) is 3.00. The summed E-state index contributed by atoms with van der Waals surface area (Å²) in [5.74, 6) is 0.955. The minimum Gasteiger partial charge on any atom is -0.490 e. The quantitative estimate of drug-likeness (QED) is 0.938. The van der Waals surface area contributed by atoms with Gasteiger partial charge in [0.2, 0.25) is 0 Å². The van der Waals surface area contributed by atoms with Crippen molar-refractivity contribution in [2.24, 2.45) is 12.8 Å². The normalized spacial score (nSPS) is 16.1. The molecule has 4 nitrogen and oxygen atoms in total. The number of aromatic nitrogens is 2. The summed E-state index contributed by atoms with van der Waals surface area (Å²) in [5, 5.41) is 4.49.